The predicted molar refractivity (Wildman–Crippen MR) is 86.3 cm³/mol. The quantitative estimate of drug-likeness (QED) is 0.883. The van der Waals surface area contributed by atoms with Gasteiger partial charge in [-0.05, 0) is 29.8 Å². The Hall–Kier alpha value is -1.62. The predicted octanol–water partition coefficient (Wildman–Crippen LogP) is 3.42. The van der Waals surface area contributed by atoms with Crippen LogP contribution in [-0.2, 0) is 0 Å². The number of thioether (sulfide) groups is 1. The fourth-order valence-corrected chi connectivity index (χ4v) is 2.21. The molecule has 4 nitrogen and oxygen atoms in total. The third-order valence-electron chi connectivity index (χ3n) is 3.23. The number of hydrogen-bond acceptors (Lipinski definition) is 5. The molecule has 2 aromatic rings. The van der Waals surface area contributed by atoms with Crippen molar-refractivity contribution in [2.75, 3.05) is 32.3 Å². The molecule has 0 amide bonds. The summed E-state index contributed by atoms with van der Waals surface area (Å²) in [5.41, 5.74) is 0. The zero-order chi connectivity index (χ0) is 14.5. The van der Waals surface area contributed by atoms with E-state index < -0.39 is 0 Å². The number of ether oxygens (including phenoxy) is 2. The molecule has 1 N–H and O–H groups in total. The molecular weight excluding hydrogens is 272 g/mol. The molecule has 1 aromatic carbocycles. The maximum absolute atomic E-state index is 5.36. The largest absolute Gasteiger partial charge is 0.493 e. The Morgan fingerprint density at radius 3 is 2.60 bits per heavy atom. The number of rotatable bonds is 6. The third kappa shape index (κ3) is 3.10. The molecule has 20 heavy (non-hydrogen) atoms. The summed E-state index contributed by atoms with van der Waals surface area (Å²) >= 11 is 1.83. The van der Waals surface area contributed by atoms with Crippen LogP contribution in [0, 0.1) is 0 Å². The van der Waals surface area contributed by atoms with E-state index in [9.17, 15) is 0 Å². The Morgan fingerprint density at radius 1 is 1.25 bits per heavy atom. The minimum Gasteiger partial charge on any atom is -0.493 e. The summed E-state index contributed by atoms with van der Waals surface area (Å²) in [5.74, 6) is 2.33. The number of aromatic nitrogens is 1. The highest BCUT2D eigenvalue weighted by atomic mass is 32.2. The van der Waals surface area contributed by atoms with E-state index in [4.69, 9.17) is 9.47 Å². The van der Waals surface area contributed by atoms with E-state index in [0.717, 1.165) is 28.9 Å². The Bertz CT molecular complexity index is 589. The van der Waals surface area contributed by atoms with E-state index in [1.54, 1.807) is 20.4 Å². The Morgan fingerprint density at radius 2 is 1.95 bits per heavy atom. The van der Waals surface area contributed by atoms with Crippen molar-refractivity contribution in [1.82, 2.24) is 4.98 Å². The molecule has 0 fully saturated rings. The van der Waals surface area contributed by atoms with Crippen LogP contribution in [0.3, 0.4) is 0 Å². The van der Waals surface area contributed by atoms with Gasteiger partial charge in [-0.15, -0.1) is 0 Å². The summed E-state index contributed by atoms with van der Waals surface area (Å²) < 4.78 is 10.7. The number of fused-ring (bicyclic) bond motifs is 1. The van der Waals surface area contributed by atoms with Gasteiger partial charge in [0.2, 0.25) is 0 Å². The maximum Gasteiger partial charge on any atom is 0.161 e. The van der Waals surface area contributed by atoms with Gasteiger partial charge in [-0.3, -0.25) is 0 Å². The van der Waals surface area contributed by atoms with Crippen LogP contribution in [0.4, 0.5) is 5.82 Å². The van der Waals surface area contributed by atoms with Crippen molar-refractivity contribution in [3.8, 4) is 11.5 Å². The second-order valence-electron chi connectivity index (χ2n) is 4.52. The van der Waals surface area contributed by atoms with Gasteiger partial charge in [-0.25, -0.2) is 4.98 Å². The molecule has 2 rings (SSSR count). The highest BCUT2D eigenvalue weighted by molar-refractivity contribution is 7.99. The van der Waals surface area contributed by atoms with E-state index in [-0.39, 0.29) is 0 Å². The van der Waals surface area contributed by atoms with Gasteiger partial charge in [0.15, 0.2) is 11.5 Å². The lowest BCUT2D eigenvalue weighted by atomic mass is 10.1. The molecule has 108 valence electrons. The molecule has 0 saturated carbocycles. The zero-order valence-corrected chi connectivity index (χ0v) is 13.1. The third-order valence-corrected chi connectivity index (χ3v) is 4.20. The Kier molecular flexibility index (Phi) is 4.95. The summed E-state index contributed by atoms with van der Waals surface area (Å²) in [6, 6.07) is 5.91. The molecule has 1 unspecified atom stereocenters. The summed E-state index contributed by atoms with van der Waals surface area (Å²) in [6.45, 7) is 3.06. The normalized spacial score (nSPS) is 12.2. The van der Waals surface area contributed by atoms with Gasteiger partial charge in [-0.2, -0.15) is 11.8 Å². The fourth-order valence-electron chi connectivity index (χ4n) is 1.96. The zero-order valence-electron chi connectivity index (χ0n) is 12.3. The smallest absolute Gasteiger partial charge is 0.161 e. The fraction of sp³-hybridized carbons (Fsp3) is 0.400. The Labute approximate surface area is 123 Å². The van der Waals surface area contributed by atoms with E-state index in [1.165, 1.54) is 0 Å². The van der Waals surface area contributed by atoms with Crippen LogP contribution >= 0.6 is 11.8 Å². The molecule has 5 heteroatoms. The molecule has 0 saturated heterocycles. The second kappa shape index (κ2) is 6.70. The average Bonchev–Trinajstić information content (AvgIpc) is 2.50. The van der Waals surface area contributed by atoms with E-state index in [2.05, 4.69) is 23.5 Å². The molecule has 0 radical (unpaired) electrons. The first-order valence-electron chi connectivity index (χ1n) is 6.47. The van der Waals surface area contributed by atoms with Gasteiger partial charge in [0.1, 0.15) is 5.82 Å². The molecule has 1 heterocycles. The second-order valence-corrected chi connectivity index (χ2v) is 5.79. The Balaban J connectivity index is 2.40. The lowest BCUT2D eigenvalue weighted by Crippen LogP contribution is -2.13. The summed E-state index contributed by atoms with van der Waals surface area (Å²) in [5, 5.41) is 6.05. The first kappa shape index (κ1) is 14.8. The standard InChI is InChI=1S/C15H20N2O2S/c1-10(20-4)9-17-15-12-8-14(19-3)13(18-2)7-11(12)5-6-16-15/h5-8,10H,9H2,1-4H3,(H,16,17). The highest BCUT2D eigenvalue weighted by Crippen LogP contribution is 2.34. The monoisotopic (exact) mass is 292 g/mol. The molecule has 0 aliphatic rings. The minimum absolute atomic E-state index is 0.534. The number of nitrogens with one attached hydrogen (secondary N) is 1. The van der Waals surface area contributed by atoms with Crippen LogP contribution in [0.1, 0.15) is 6.92 Å². The summed E-state index contributed by atoms with van der Waals surface area (Å²) in [4.78, 5) is 4.43. The average molecular weight is 292 g/mol. The molecule has 0 aliphatic heterocycles. The van der Waals surface area contributed by atoms with E-state index in [1.807, 2.05) is 30.0 Å². The van der Waals surface area contributed by atoms with Gasteiger partial charge in [0, 0.05) is 23.4 Å². The lowest BCUT2D eigenvalue weighted by Gasteiger charge is -2.14. The maximum atomic E-state index is 5.36. The number of anilines is 1. The number of hydrogen-bond donors (Lipinski definition) is 1. The van der Waals surface area contributed by atoms with Crippen molar-refractivity contribution in [2.24, 2.45) is 0 Å². The first-order valence-corrected chi connectivity index (χ1v) is 7.75. The molecule has 1 aromatic heterocycles. The van der Waals surface area contributed by atoms with E-state index in [0.29, 0.717) is 11.0 Å². The molecule has 0 spiro atoms. The van der Waals surface area contributed by atoms with Crippen molar-refractivity contribution in [1.29, 1.82) is 0 Å². The minimum atomic E-state index is 0.534. The highest BCUT2D eigenvalue weighted by Gasteiger charge is 2.10. The topological polar surface area (TPSA) is 43.4 Å². The number of pyridine rings is 1. The van der Waals surface area contributed by atoms with Crippen molar-refractivity contribution < 1.29 is 9.47 Å². The molecule has 0 aliphatic carbocycles. The number of methoxy groups -OCH3 is 2. The van der Waals surface area contributed by atoms with Gasteiger partial charge < -0.3 is 14.8 Å². The SMILES string of the molecule is COc1cc2ccnc(NCC(C)SC)c2cc1OC. The van der Waals surface area contributed by atoms with Gasteiger partial charge in [0.25, 0.3) is 0 Å². The van der Waals surface area contributed by atoms with Crippen molar-refractivity contribution >= 4 is 28.4 Å². The molecule has 0 bridgehead atoms. The van der Waals surface area contributed by atoms with Gasteiger partial charge >= 0.3 is 0 Å². The number of nitrogens with zero attached hydrogens (tertiary/aromatic N) is 1. The molecule has 1 atom stereocenters. The van der Waals surface area contributed by atoms with Gasteiger partial charge in [-0.1, -0.05) is 6.92 Å². The summed E-state index contributed by atoms with van der Waals surface area (Å²) in [7, 11) is 3.28. The van der Waals surface area contributed by atoms with Crippen LogP contribution in [0.25, 0.3) is 10.8 Å². The van der Waals surface area contributed by atoms with Crippen molar-refractivity contribution in [2.45, 2.75) is 12.2 Å². The van der Waals surface area contributed by atoms with Crippen LogP contribution < -0.4 is 14.8 Å². The van der Waals surface area contributed by atoms with Crippen molar-refractivity contribution in [3.05, 3.63) is 24.4 Å². The van der Waals surface area contributed by atoms with Crippen LogP contribution in [0.5, 0.6) is 11.5 Å². The van der Waals surface area contributed by atoms with Crippen LogP contribution in [0.2, 0.25) is 0 Å². The summed E-state index contributed by atoms with van der Waals surface area (Å²) in [6.07, 6.45) is 3.91. The van der Waals surface area contributed by atoms with Gasteiger partial charge in [0.05, 0.1) is 14.2 Å². The van der Waals surface area contributed by atoms with Crippen molar-refractivity contribution in [3.63, 3.8) is 0 Å². The van der Waals surface area contributed by atoms with E-state index >= 15 is 0 Å². The molecular formula is C15H20N2O2S. The number of benzene rings is 1. The first-order chi connectivity index (χ1) is 9.69. The van der Waals surface area contributed by atoms with Crippen LogP contribution in [-0.4, -0.2) is 37.3 Å². The van der Waals surface area contributed by atoms with Crippen LogP contribution in [0.15, 0.2) is 24.4 Å². The lowest BCUT2D eigenvalue weighted by molar-refractivity contribution is 0.356.